The Balaban J connectivity index is 1.98. The SMILES string of the molecule is CN(CCC(=O)O)C(=O)CCn1cnc2sccc2c1=O. The van der Waals surface area contributed by atoms with Gasteiger partial charge in [-0.15, -0.1) is 11.3 Å². The van der Waals surface area contributed by atoms with Crippen LogP contribution in [0.25, 0.3) is 10.2 Å². The number of hydrogen-bond donors (Lipinski definition) is 1. The summed E-state index contributed by atoms with van der Waals surface area (Å²) in [6.07, 6.45) is 1.48. The number of aliphatic carboxylic acids is 1. The van der Waals surface area contributed by atoms with Gasteiger partial charge in [0.2, 0.25) is 5.91 Å². The lowest BCUT2D eigenvalue weighted by Gasteiger charge is -2.16. The molecule has 2 aromatic heterocycles. The van der Waals surface area contributed by atoms with Gasteiger partial charge in [0.05, 0.1) is 18.1 Å². The number of fused-ring (bicyclic) bond motifs is 1. The first-order chi connectivity index (χ1) is 9.99. The number of hydrogen-bond acceptors (Lipinski definition) is 5. The molecule has 0 radical (unpaired) electrons. The molecule has 8 heteroatoms. The molecule has 0 atom stereocenters. The highest BCUT2D eigenvalue weighted by Crippen LogP contribution is 2.13. The van der Waals surface area contributed by atoms with Gasteiger partial charge in [-0.2, -0.15) is 0 Å². The van der Waals surface area contributed by atoms with Crippen LogP contribution in [0.4, 0.5) is 0 Å². The third-order valence-electron chi connectivity index (χ3n) is 3.10. The number of carboxylic acids is 1. The smallest absolute Gasteiger partial charge is 0.305 e. The first-order valence-electron chi connectivity index (χ1n) is 6.37. The second kappa shape index (κ2) is 6.49. The van der Waals surface area contributed by atoms with E-state index in [0.717, 1.165) is 0 Å². The molecular formula is C13H15N3O4S. The van der Waals surface area contributed by atoms with Crippen molar-refractivity contribution in [2.75, 3.05) is 13.6 Å². The van der Waals surface area contributed by atoms with E-state index in [9.17, 15) is 14.4 Å². The summed E-state index contributed by atoms with van der Waals surface area (Å²) < 4.78 is 1.40. The number of carboxylic acid groups (broad SMARTS) is 1. The minimum atomic E-state index is -0.946. The summed E-state index contributed by atoms with van der Waals surface area (Å²) in [6, 6.07) is 1.71. The van der Waals surface area contributed by atoms with Crippen LogP contribution in [0.3, 0.4) is 0 Å². The molecule has 0 saturated heterocycles. The van der Waals surface area contributed by atoms with Crippen molar-refractivity contribution in [2.45, 2.75) is 19.4 Å². The zero-order valence-electron chi connectivity index (χ0n) is 11.5. The van der Waals surface area contributed by atoms with E-state index in [4.69, 9.17) is 5.11 Å². The Morgan fingerprint density at radius 3 is 2.90 bits per heavy atom. The molecule has 0 unspecified atom stereocenters. The molecule has 21 heavy (non-hydrogen) atoms. The molecule has 112 valence electrons. The third kappa shape index (κ3) is 3.66. The number of carbonyl (C=O) groups excluding carboxylic acids is 1. The van der Waals surface area contributed by atoms with E-state index in [1.807, 2.05) is 0 Å². The fraction of sp³-hybridized carbons (Fsp3) is 0.385. The van der Waals surface area contributed by atoms with Gasteiger partial charge in [0.15, 0.2) is 0 Å². The highest BCUT2D eigenvalue weighted by atomic mass is 32.1. The van der Waals surface area contributed by atoms with Gasteiger partial charge in [-0.05, 0) is 11.4 Å². The van der Waals surface area contributed by atoms with Crippen LogP contribution in [0.15, 0.2) is 22.6 Å². The second-order valence-corrected chi connectivity index (χ2v) is 5.49. The summed E-state index contributed by atoms with van der Waals surface area (Å²) in [5.74, 6) is -1.15. The summed E-state index contributed by atoms with van der Waals surface area (Å²) in [5.41, 5.74) is -0.165. The fourth-order valence-electron chi connectivity index (χ4n) is 1.85. The van der Waals surface area contributed by atoms with Crippen LogP contribution in [-0.4, -0.2) is 45.0 Å². The molecule has 0 aromatic carbocycles. The van der Waals surface area contributed by atoms with Gasteiger partial charge in [-0.3, -0.25) is 19.0 Å². The van der Waals surface area contributed by atoms with E-state index in [-0.39, 0.29) is 37.4 Å². The average molecular weight is 309 g/mol. The maximum atomic E-state index is 12.1. The number of carbonyl (C=O) groups is 2. The average Bonchev–Trinajstić information content (AvgIpc) is 2.93. The van der Waals surface area contributed by atoms with Gasteiger partial charge in [0.1, 0.15) is 4.83 Å². The zero-order valence-corrected chi connectivity index (χ0v) is 12.3. The Bertz CT molecular complexity index is 722. The molecule has 1 N–H and O–H groups in total. The lowest BCUT2D eigenvalue weighted by Crippen LogP contribution is -2.31. The van der Waals surface area contributed by atoms with Crippen LogP contribution in [0.5, 0.6) is 0 Å². The molecule has 0 aliphatic carbocycles. The Hall–Kier alpha value is -2.22. The Morgan fingerprint density at radius 1 is 1.43 bits per heavy atom. The van der Waals surface area contributed by atoms with Crippen molar-refractivity contribution in [2.24, 2.45) is 0 Å². The zero-order chi connectivity index (χ0) is 15.4. The molecule has 0 aliphatic heterocycles. The van der Waals surface area contributed by atoms with Crippen LogP contribution in [0.2, 0.25) is 0 Å². The lowest BCUT2D eigenvalue weighted by atomic mass is 10.3. The van der Waals surface area contributed by atoms with E-state index in [1.165, 1.54) is 27.1 Å². The van der Waals surface area contributed by atoms with Crippen molar-refractivity contribution in [3.63, 3.8) is 0 Å². The standard InChI is InChI=1S/C13H15N3O4S/c1-15(5-3-11(18)19)10(17)2-6-16-8-14-12-9(13(16)20)4-7-21-12/h4,7-8H,2-3,5-6H2,1H3,(H,18,19). The largest absolute Gasteiger partial charge is 0.481 e. The normalized spacial score (nSPS) is 10.7. The van der Waals surface area contributed by atoms with E-state index >= 15 is 0 Å². The van der Waals surface area contributed by atoms with E-state index in [0.29, 0.717) is 10.2 Å². The van der Waals surface area contributed by atoms with Crippen molar-refractivity contribution < 1.29 is 14.7 Å². The molecule has 1 amide bonds. The van der Waals surface area contributed by atoms with Gasteiger partial charge >= 0.3 is 5.97 Å². The first-order valence-corrected chi connectivity index (χ1v) is 7.25. The van der Waals surface area contributed by atoms with Gasteiger partial charge in [-0.25, -0.2) is 4.98 Å². The summed E-state index contributed by atoms with van der Waals surface area (Å²) in [5, 5.41) is 10.9. The fourth-order valence-corrected chi connectivity index (χ4v) is 2.57. The molecule has 2 aromatic rings. The Labute approximate surface area is 124 Å². The molecule has 0 bridgehead atoms. The molecular weight excluding hydrogens is 294 g/mol. The number of nitrogens with zero attached hydrogens (tertiary/aromatic N) is 3. The molecule has 2 heterocycles. The van der Waals surface area contributed by atoms with Crippen molar-refractivity contribution in [3.8, 4) is 0 Å². The number of aromatic nitrogens is 2. The highest BCUT2D eigenvalue weighted by molar-refractivity contribution is 7.16. The Kier molecular flexibility index (Phi) is 4.69. The van der Waals surface area contributed by atoms with Crippen LogP contribution in [0, 0.1) is 0 Å². The lowest BCUT2D eigenvalue weighted by molar-refractivity contribution is -0.138. The number of aryl methyl sites for hydroxylation is 1. The third-order valence-corrected chi connectivity index (χ3v) is 3.92. The van der Waals surface area contributed by atoms with Crippen LogP contribution < -0.4 is 5.56 Å². The second-order valence-electron chi connectivity index (χ2n) is 4.59. The number of thiophene rings is 1. The molecule has 2 rings (SSSR count). The molecule has 0 spiro atoms. The summed E-state index contributed by atoms with van der Waals surface area (Å²) in [7, 11) is 1.55. The monoisotopic (exact) mass is 309 g/mol. The van der Waals surface area contributed by atoms with Crippen molar-refractivity contribution in [1.29, 1.82) is 0 Å². The van der Waals surface area contributed by atoms with Gasteiger partial charge < -0.3 is 10.0 Å². The topological polar surface area (TPSA) is 92.5 Å². The van der Waals surface area contributed by atoms with E-state index < -0.39 is 5.97 Å². The predicted octanol–water partition coefficient (Wildman–Crippen LogP) is 0.781. The summed E-state index contributed by atoms with van der Waals surface area (Å²) >= 11 is 1.39. The number of amides is 1. The predicted molar refractivity (Wildman–Crippen MR) is 78.4 cm³/mol. The van der Waals surface area contributed by atoms with E-state index in [2.05, 4.69) is 4.98 Å². The molecule has 0 aliphatic rings. The summed E-state index contributed by atoms with van der Waals surface area (Å²) in [6.45, 7) is 0.388. The molecule has 7 nitrogen and oxygen atoms in total. The minimum absolute atomic E-state index is 0.0927. The maximum absolute atomic E-state index is 12.1. The number of rotatable bonds is 6. The van der Waals surface area contributed by atoms with Crippen LogP contribution >= 0.6 is 11.3 Å². The quantitative estimate of drug-likeness (QED) is 0.851. The maximum Gasteiger partial charge on any atom is 0.305 e. The van der Waals surface area contributed by atoms with Gasteiger partial charge in [0, 0.05) is 26.6 Å². The highest BCUT2D eigenvalue weighted by Gasteiger charge is 2.11. The van der Waals surface area contributed by atoms with Crippen LogP contribution in [0.1, 0.15) is 12.8 Å². The van der Waals surface area contributed by atoms with E-state index in [1.54, 1.807) is 18.5 Å². The van der Waals surface area contributed by atoms with Crippen molar-refractivity contribution in [3.05, 3.63) is 28.1 Å². The van der Waals surface area contributed by atoms with Gasteiger partial charge in [-0.1, -0.05) is 0 Å². The van der Waals surface area contributed by atoms with Crippen LogP contribution in [-0.2, 0) is 16.1 Å². The molecule has 0 fully saturated rings. The minimum Gasteiger partial charge on any atom is -0.481 e. The molecule has 0 saturated carbocycles. The summed E-state index contributed by atoms with van der Waals surface area (Å²) in [4.78, 5) is 40.6. The van der Waals surface area contributed by atoms with Gasteiger partial charge in [0.25, 0.3) is 5.56 Å². The van der Waals surface area contributed by atoms with Crippen molar-refractivity contribution in [1.82, 2.24) is 14.5 Å². The Morgan fingerprint density at radius 2 is 2.19 bits per heavy atom. The van der Waals surface area contributed by atoms with Crippen molar-refractivity contribution >= 4 is 33.4 Å². The first kappa shape index (κ1) is 15.2.